The van der Waals surface area contributed by atoms with Crippen molar-refractivity contribution in [3.8, 4) is 11.3 Å². The number of aryl methyl sites for hydroxylation is 1. The Morgan fingerprint density at radius 1 is 1.23 bits per heavy atom. The van der Waals surface area contributed by atoms with Gasteiger partial charge in [-0.05, 0) is 18.2 Å². The number of hydrogen-bond acceptors (Lipinski definition) is 6. The number of carbonyl (C=O) groups excluding carboxylic acids is 1. The van der Waals surface area contributed by atoms with Gasteiger partial charge in [0.05, 0.1) is 5.69 Å². The van der Waals surface area contributed by atoms with E-state index in [1.807, 2.05) is 24.3 Å². The van der Waals surface area contributed by atoms with E-state index in [0.29, 0.717) is 11.6 Å². The van der Waals surface area contributed by atoms with Crippen molar-refractivity contribution in [2.75, 3.05) is 5.32 Å². The first-order valence-electron chi connectivity index (χ1n) is 6.31. The molecular weight excluding hydrogens is 350 g/mol. The molecule has 7 nitrogen and oxygen atoms in total. The summed E-state index contributed by atoms with van der Waals surface area (Å²) in [5.74, 6) is -0.0740. The lowest BCUT2D eigenvalue weighted by Crippen LogP contribution is -2.14. The van der Waals surface area contributed by atoms with Crippen LogP contribution >= 0.6 is 15.9 Å². The molecule has 0 spiro atoms. The molecule has 0 aliphatic heterocycles. The fourth-order valence-corrected chi connectivity index (χ4v) is 2.19. The van der Waals surface area contributed by atoms with Crippen molar-refractivity contribution < 1.29 is 9.21 Å². The second-order valence-electron chi connectivity index (χ2n) is 4.38. The van der Waals surface area contributed by atoms with Crippen molar-refractivity contribution >= 4 is 27.9 Å². The first kappa shape index (κ1) is 14.3. The molecule has 110 valence electrons. The molecule has 0 atom stereocenters. The van der Waals surface area contributed by atoms with Crippen LogP contribution in [0.2, 0.25) is 0 Å². The molecule has 1 N–H and O–H groups in total. The standard InChI is InChI=1S/C14H10BrN5O2/c1-8-19-20-14(22-8)18-13(21)12-6-11(16-7-17-12)9-3-2-4-10(15)5-9/h2-7H,1H3,(H,18,20,21). The van der Waals surface area contributed by atoms with Gasteiger partial charge in [-0.2, -0.15) is 0 Å². The minimum atomic E-state index is -0.442. The summed E-state index contributed by atoms with van der Waals surface area (Å²) >= 11 is 3.40. The quantitative estimate of drug-likeness (QED) is 0.772. The molecule has 0 aliphatic carbocycles. The Morgan fingerprint density at radius 3 is 2.82 bits per heavy atom. The van der Waals surface area contributed by atoms with E-state index < -0.39 is 5.91 Å². The van der Waals surface area contributed by atoms with Gasteiger partial charge in [0.25, 0.3) is 5.91 Å². The number of amides is 1. The maximum Gasteiger partial charge on any atom is 0.322 e. The van der Waals surface area contributed by atoms with Crippen LogP contribution in [-0.4, -0.2) is 26.1 Å². The zero-order valence-electron chi connectivity index (χ0n) is 11.4. The molecule has 0 bridgehead atoms. The van der Waals surface area contributed by atoms with Gasteiger partial charge in [0.15, 0.2) is 0 Å². The van der Waals surface area contributed by atoms with Gasteiger partial charge in [-0.1, -0.05) is 33.2 Å². The van der Waals surface area contributed by atoms with E-state index in [9.17, 15) is 4.79 Å². The zero-order valence-corrected chi connectivity index (χ0v) is 13.0. The van der Waals surface area contributed by atoms with E-state index in [2.05, 4.69) is 41.4 Å². The Morgan fingerprint density at radius 2 is 2.09 bits per heavy atom. The molecule has 0 unspecified atom stereocenters. The number of anilines is 1. The Labute approximate surface area is 133 Å². The summed E-state index contributed by atoms with van der Waals surface area (Å²) in [5.41, 5.74) is 1.73. The summed E-state index contributed by atoms with van der Waals surface area (Å²) in [5, 5.41) is 9.83. The number of carbonyl (C=O) groups is 1. The molecule has 3 rings (SSSR count). The van der Waals surface area contributed by atoms with Gasteiger partial charge in [0, 0.05) is 17.0 Å². The van der Waals surface area contributed by atoms with Crippen LogP contribution in [0.4, 0.5) is 6.01 Å². The summed E-state index contributed by atoms with van der Waals surface area (Å²) < 4.78 is 6.03. The van der Waals surface area contributed by atoms with Crippen molar-refractivity contribution in [2.45, 2.75) is 6.92 Å². The van der Waals surface area contributed by atoms with E-state index >= 15 is 0 Å². The maximum atomic E-state index is 12.1. The number of rotatable bonds is 3. The van der Waals surface area contributed by atoms with Crippen molar-refractivity contribution in [3.63, 3.8) is 0 Å². The van der Waals surface area contributed by atoms with Gasteiger partial charge in [0.2, 0.25) is 5.89 Å². The van der Waals surface area contributed by atoms with Gasteiger partial charge < -0.3 is 4.42 Å². The highest BCUT2D eigenvalue weighted by atomic mass is 79.9. The SMILES string of the molecule is Cc1nnc(NC(=O)c2cc(-c3cccc(Br)c3)ncn2)o1. The van der Waals surface area contributed by atoms with Crippen LogP contribution in [0.3, 0.4) is 0 Å². The van der Waals surface area contributed by atoms with Gasteiger partial charge in [0.1, 0.15) is 12.0 Å². The molecule has 8 heteroatoms. The number of hydrogen-bond donors (Lipinski definition) is 1. The highest BCUT2D eigenvalue weighted by Crippen LogP contribution is 2.21. The summed E-state index contributed by atoms with van der Waals surface area (Å²) in [6, 6.07) is 9.24. The predicted molar refractivity (Wildman–Crippen MR) is 82.2 cm³/mol. The Kier molecular flexibility index (Phi) is 3.92. The molecule has 2 aromatic heterocycles. The molecule has 0 saturated heterocycles. The van der Waals surface area contributed by atoms with Crippen LogP contribution in [0.25, 0.3) is 11.3 Å². The van der Waals surface area contributed by atoms with E-state index in [1.165, 1.54) is 6.33 Å². The van der Waals surface area contributed by atoms with E-state index in [0.717, 1.165) is 10.0 Å². The van der Waals surface area contributed by atoms with Crippen LogP contribution in [0.5, 0.6) is 0 Å². The number of aromatic nitrogens is 4. The van der Waals surface area contributed by atoms with Crippen molar-refractivity contribution in [2.24, 2.45) is 0 Å². The first-order chi connectivity index (χ1) is 10.6. The third kappa shape index (κ3) is 3.17. The highest BCUT2D eigenvalue weighted by Gasteiger charge is 2.13. The normalized spacial score (nSPS) is 10.5. The van der Waals surface area contributed by atoms with Crippen molar-refractivity contribution in [1.82, 2.24) is 20.2 Å². The fourth-order valence-electron chi connectivity index (χ4n) is 1.80. The fraction of sp³-hybridized carbons (Fsp3) is 0.0714. The van der Waals surface area contributed by atoms with Crippen LogP contribution in [0, 0.1) is 6.92 Å². The third-order valence-electron chi connectivity index (χ3n) is 2.77. The molecule has 3 aromatic rings. The minimum Gasteiger partial charge on any atom is -0.408 e. The Balaban J connectivity index is 1.86. The van der Waals surface area contributed by atoms with Gasteiger partial charge in [-0.15, -0.1) is 5.10 Å². The van der Waals surface area contributed by atoms with Crippen molar-refractivity contribution in [1.29, 1.82) is 0 Å². The van der Waals surface area contributed by atoms with Crippen molar-refractivity contribution in [3.05, 3.63) is 52.7 Å². The monoisotopic (exact) mass is 359 g/mol. The number of benzene rings is 1. The molecule has 0 radical (unpaired) electrons. The molecule has 1 amide bonds. The zero-order chi connectivity index (χ0) is 15.5. The summed E-state index contributed by atoms with van der Waals surface area (Å²) in [4.78, 5) is 20.3. The minimum absolute atomic E-state index is 0.0325. The van der Waals surface area contributed by atoms with Gasteiger partial charge in [-0.3, -0.25) is 10.1 Å². The summed E-state index contributed by atoms with van der Waals surface area (Å²) in [7, 11) is 0. The number of nitrogens with one attached hydrogen (secondary N) is 1. The van der Waals surface area contributed by atoms with E-state index in [1.54, 1.807) is 13.0 Å². The Bertz CT molecular complexity index is 833. The number of nitrogens with zero attached hydrogens (tertiary/aromatic N) is 4. The van der Waals surface area contributed by atoms with E-state index in [-0.39, 0.29) is 11.7 Å². The second-order valence-corrected chi connectivity index (χ2v) is 5.29. The van der Waals surface area contributed by atoms with E-state index in [4.69, 9.17) is 4.42 Å². The molecule has 0 saturated carbocycles. The predicted octanol–water partition coefficient (Wildman–Crippen LogP) is 2.85. The highest BCUT2D eigenvalue weighted by molar-refractivity contribution is 9.10. The third-order valence-corrected chi connectivity index (χ3v) is 3.26. The molecule has 22 heavy (non-hydrogen) atoms. The molecule has 1 aromatic carbocycles. The molecule has 0 fully saturated rings. The lowest BCUT2D eigenvalue weighted by Gasteiger charge is -2.04. The van der Waals surface area contributed by atoms with Crippen LogP contribution in [0.15, 0.2) is 45.5 Å². The number of halogens is 1. The lowest BCUT2D eigenvalue weighted by atomic mass is 10.1. The molecule has 2 heterocycles. The van der Waals surface area contributed by atoms with Crippen LogP contribution < -0.4 is 5.32 Å². The average molecular weight is 360 g/mol. The Hall–Kier alpha value is -2.61. The van der Waals surface area contributed by atoms with Gasteiger partial charge in [-0.25, -0.2) is 9.97 Å². The maximum absolute atomic E-state index is 12.1. The summed E-state index contributed by atoms with van der Waals surface area (Å²) in [6.07, 6.45) is 1.34. The molecular formula is C14H10BrN5O2. The van der Waals surface area contributed by atoms with Gasteiger partial charge >= 0.3 is 6.01 Å². The largest absolute Gasteiger partial charge is 0.408 e. The van der Waals surface area contributed by atoms with Crippen LogP contribution in [0.1, 0.15) is 16.4 Å². The average Bonchev–Trinajstić information content (AvgIpc) is 2.92. The first-order valence-corrected chi connectivity index (χ1v) is 7.10. The topological polar surface area (TPSA) is 93.8 Å². The summed E-state index contributed by atoms with van der Waals surface area (Å²) in [6.45, 7) is 1.64. The second kappa shape index (κ2) is 6.02. The molecule has 0 aliphatic rings. The smallest absolute Gasteiger partial charge is 0.322 e. The lowest BCUT2D eigenvalue weighted by molar-refractivity contribution is 0.101. The van der Waals surface area contributed by atoms with Crippen LogP contribution in [-0.2, 0) is 0 Å².